The average Bonchev–Trinajstić information content (AvgIpc) is 2.65. The van der Waals surface area contributed by atoms with Gasteiger partial charge in [-0.05, 0) is 39.8 Å². The van der Waals surface area contributed by atoms with Crippen molar-refractivity contribution in [3.63, 3.8) is 0 Å². The Labute approximate surface area is 132 Å². The third-order valence-electron chi connectivity index (χ3n) is 4.06. The van der Waals surface area contributed by atoms with Gasteiger partial charge in [0.25, 0.3) is 0 Å². The van der Waals surface area contributed by atoms with Gasteiger partial charge < -0.3 is 14.0 Å². The summed E-state index contributed by atoms with van der Waals surface area (Å²) >= 11 is 0. The molecule has 1 aliphatic rings. The standard InChI is InChI=1S/C14H17BF3NO4/c1-12(2)13(3,4)23-15(22-12)10-7-8(14(16,17)18)6-9(19-10)11(20)21-5/h6-7H,1-5H3. The van der Waals surface area contributed by atoms with E-state index in [1.54, 1.807) is 27.7 Å². The molecular weight excluding hydrogens is 314 g/mol. The van der Waals surface area contributed by atoms with E-state index in [0.717, 1.165) is 13.2 Å². The highest BCUT2D eigenvalue weighted by molar-refractivity contribution is 6.61. The number of carbonyl (C=O) groups is 1. The van der Waals surface area contributed by atoms with E-state index in [0.29, 0.717) is 6.07 Å². The number of alkyl halides is 3. The van der Waals surface area contributed by atoms with Crippen molar-refractivity contribution in [2.45, 2.75) is 45.1 Å². The second-order valence-corrected chi connectivity index (χ2v) is 6.24. The summed E-state index contributed by atoms with van der Waals surface area (Å²) in [5.41, 5.74) is -3.07. The Hall–Kier alpha value is -1.61. The molecule has 1 aliphatic heterocycles. The molecule has 126 valence electrons. The van der Waals surface area contributed by atoms with Gasteiger partial charge in [-0.1, -0.05) is 0 Å². The first-order valence-electron chi connectivity index (χ1n) is 6.90. The SMILES string of the molecule is COC(=O)c1cc(C(F)(F)F)cc(B2OC(C)(C)C(C)(C)O2)n1. The highest BCUT2D eigenvalue weighted by atomic mass is 19.4. The van der Waals surface area contributed by atoms with E-state index in [-0.39, 0.29) is 5.59 Å². The van der Waals surface area contributed by atoms with Crippen LogP contribution in [0.4, 0.5) is 13.2 Å². The summed E-state index contributed by atoms with van der Waals surface area (Å²) < 4.78 is 55.0. The summed E-state index contributed by atoms with van der Waals surface area (Å²) in [6, 6.07) is 1.45. The van der Waals surface area contributed by atoms with Gasteiger partial charge in [0, 0.05) is 0 Å². The second kappa shape index (κ2) is 5.49. The van der Waals surface area contributed by atoms with Crippen LogP contribution in [0.1, 0.15) is 43.7 Å². The molecule has 1 aromatic rings. The minimum atomic E-state index is -4.63. The van der Waals surface area contributed by atoms with E-state index in [1.807, 2.05) is 0 Å². The lowest BCUT2D eigenvalue weighted by atomic mass is 9.83. The van der Waals surface area contributed by atoms with E-state index >= 15 is 0 Å². The number of carbonyl (C=O) groups excluding carboxylic acids is 1. The lowest BCUT2D eigenvalue weighted by Gasteiger charge is -2.32. The van der Waals surface area contributed by atoms with E-state index in [4.69, 9.17) is 9.31 Å². The average molecular weight is 331 g/mol. The molecule has 23 heavy (non-hydrogen) atoms. The van der Waals surface area contributed by atoms with Crippen LogP contribution in [0.2, 0.25) is 0 Å². The van der Waals surface area contributed by atoms with Crippen LogP contribution < -0.4 is 5.59 Å². The van der Waals surface area contributed by atoms with Crippen LogP contribution >= 0.6 is 0 Å². The van der Waals surface area contributed by atoms with Gasteiger partial charge in [0.1, 0.15) is 5.69 Å². The molecule has 0 radical (unpaired) electrons. The predicted molar refractivity (Wildman–Crippen MR) is 76.3 cm³/mol. The van der Waals surface area contributed by atoms with Gasteiger partial charge in [0.2, 0.25) is 0 Å². The van der Waals surface area contributed by atoms with E-state index in [9.17, 15) is 18.0 Å². The van der Waals surface area contributed by atoms with Crippen LogP contribution in [-0.4, -0.2) is 36.4 Å². The van der Waals surface area contributed by atoms with Crippen LogP contribution in [0.3, 0.4) is 0 Å². The molecule has 1 fully saturated rings. The maximum atomic E-state index is 13.0. The van der Waals surface area contributed by atoms with Crippen molar-refractivity contribution < 1.29 is 32.0 Å². The fraction of sp³-hybridized carbons (Fsp3) is 0.571. The van der Waals surface area contributed by atoms with Gasteiger partial charge in [-0.15, -0.1) is 0 Å². The van der Waals surface area contributed by atoms with Crippen LogP contribution in [0.25, 0.3) is 0 Å². The smallest absolute Gasteiger partial charge is 0.464 e. The third-order valence-corrected chi connectivity index (χ3v) is 4.06. The number of halogens is 3. The molecule has 0 amide bonds. The second-order valence-electron chi connectivity index (χ2n) is 6.24. The molecule has 0 atom stereocenters. The number of hydrogen-bond donors (Lipinski definition) is 0. The molecule has 9 heteroatoms. The van der Waals surface area contributed by atoms with E-state index < -0.39 is 41.7 Å². The number of aromatic nitrogens is 1. The quantitative estimate of drug-likeness (QED) is 0.614. The fourth-order valence-corrected chi connectivity index (χ4v) is 2.01. The number of hydrogen-bond acceptors (Lipinski definition) is 5. The molecule has 1 aromatic heterocycles. The van der Waals surface area contributed by atoms with Crippen molar-refractivity contribution in [1.82, 2.24) is 4.98 Å². The molecule has 0 aliphatic carbocycles. The Kier molecular flexibility index (Phi) is 4.23. The zero-order valence-corrected chi connectivity index (χ0v) is 13.4. The normalized spacial score (nSPS) is 19.7. The first-order chi connectivity index (χ1) is 10.4. The highest BCUT2D eigenvalue weighted by Crippen LogP contribution is 2.37. The first kappa shape index (κ1) is 17.7. The maximum Gasteiger partial charge on any atom is 0.514 e. The van der Waals surface area contributed by atoms with Crippen LogP contribution in [0.5, 0.6) is 0 Å². The van der Waals surface area contributed by atoms with Crippen LogP contribution in [0.15, 0.2) is 12.1 Å². The van der Waals surface area contributed by atoms with E-state index in [1.165, 1.54) is 0 Å². The Morgan fingerprint density at radius 2 is 1.70 bits per heavy atom. The summed E-state index contributed by atoms with van der Waals surface area (Å²) in [5, 5.41) is 0. The number of esters is 1. The Morgan fingerprint density at radius 3 is 2.13 bits per heavy atom. The first-order valence-corrected chi connectivity index (χ1v) is 6.90. The lowest BCUT2D eigenvalue weighted by Crippen LogP contribution is -2.41. The number of methoxy groups -OCH3 is 1. The molecular formula is C14H17BF3NO4. The monoisotopic (exact) mass is 331 g/mol. The summed E-state index contributed by atoms with van der Waals surface area (Å²) in [6.45, 7) is 7.06. The molecule has 1 saturated heterocycles. The third kappa shape index (κ3) is 3.35. The van der Waals surface area contributed by atoms with Gasteiger partial charge >= 0.3 is 19.3 Å². The van der Waals surface area contributed by atoms with Gasteiger partial charge in [-0.2, -0.15) is 13.2 Å². The number of pyridine rings is 1. The molecule has 2 heterocycles. The van der Waals surface area contributed by atoms with Crippen molar-refractivity contribution in [2.75, 3.05) is 7.11 Å². The summed E-state index contributed by atoms with van der Waals surface area (Å²) in [7, 11) is -0.0376. The van der Waals surface area contributed by atoms with E-state index in [2.05, 4.69) is 9.72 Å². The molecule has 0 aromatic carbocycles. The van der Waals surface area contributed by atoms with Gasteiger partial charge in [0.05, 0.1) is 29.5 Å². The minimum absolute atomic E-state index is 0.126. The lowest BCUT2D eigenvalue weighted by molar-refractivity contribution is -0.137. The fourth-order valence-electron chi connectivity index (χ4n) is 2.01. The highest BCUT2D eigenvalue weighted by Gasteiger charge is 2.52. The maximum absolute atomic E-state index is 13.0. The Bertz CT molecular complexity index is 615. The molecule has 0 saturated carbocycles. The predicted octanol–water partition coefficient (Wildman–Crippen LogP) is 2.19. The number of ether oxygens (including phenoxy) is 1. The molecule has 5 nitrogen and oxygen atoms in total. The Morgan fingerprint density at radius 1 is 1.17 bits per heavy atom. The summed E-state index contributed by atoms with van der Waals surface area (Å²) in [4.78, 5) is 15.5. The zero-order valence-electron chi connectivity index (χ0n) is 13.4. The van der Waals surface area contributed by atoms with Crippen molar-refractivity contribution in [2.24, 2.45) is 0 Å². The number of rotatable bonds is 2. The largest absolute Gasteiger partial charge is 0.514 e. The zero-order chi connectivity index (χ0) is 17.6. The van der Waals surface area contributed by atoms with Crippen molar-refractivity contribution in [3.05, 3.63) is 23.4 Å². The molecule has 0 bridgehead atoms. The Balaban J connectivity index is 2.49. The van der Waals surface area contributed by atoms with Crippen molar-refractivity contribution in [1.29, 1.82) is 0 Å². The van der Waals surface area contributed by atoms with Crippen LogP contribution in [-0.2, 0) is 20.2 Å². The minimum Gasteiger partial charge on any atom is -0.464 e. The molecule has 2 rings (SSSR count). The van der Waals surface area contributed by atoms with Gasteiger partial charge in [0.15, 0.2) is 0 Å². The summed E-state index contributed by atoms with van der Waals surface area (Å²) in [5.74, 6) is -0.964. The molecule has 0 unspecified atom stereocenters. The number of nitrogens with zero attached hydrogens (tertiary/aromatic N) is 1. The van der Waals surface area contributed by atoms with Gasteiger partial charge in [-0.3, -0.25) is 0 Å². The van der Waals surface area contributed by atoms with Crippen LogP contribution in [0, 0.1) is 0 Å². The van der Waals surface area contributed by atoms with Crippen molar-refractivity contribution in [3.8, 4) is 0 Å². The molecule has 0 N–H and O–H groups in total. The topological polar surface area (TPSA) is 57.7 Å². The van der Waals surface area contributed by atoms with Gasteiger partial charge in [-0.25, -0.2) is 9.78 Å². The molecule has 0 spiro atoms. The summed E-state index contributed by atoms with van der Waals surface area (Å²) in [6.07, 6.45) is -4.63. The van der Waals surface area contributed by atoms with Crippen molar-refractivity contribution >= 4 is 18.7 Å².